The second kappa shape index (κ2) is 9.69. The van der Waals surface area contributed by atoms with Crippen LogP contribution in [0.1, 0.15) is 11.3 Å². The lowest BCUT2D eigenvalue weighted by molar-refractivity contribution is -0.126. The molecule has 0 aliphatic carbocycles. The molecule has 1 amide bonds. The minimum atomic E-state index is -0.434. The summed E-state index contributed by atoms with van der Waals surface area (Å²) in [4.78, 5) is 30.4. The third kappa shape index (κ3) is 4.45. The number of nitrogens with one attached hydrogen (secondary N) is 1. The average molecular weight is 535 g/mol. The van der Waals surface area contributed by atoms with Gasteiger partial charge in [-0.2, -0.15) is 0 Å². The molecule has 0 radical (unpaired) electrons. The Bertz CT molecular complexity index is 1670. The normalized spacial score (nSPS) is 16.4. The average Bonchev–Trinajstić information content (AvgIpc) is 3.52. The molecule has 1 fully saturated rings. The van der Waals surface area contributed by atoms with E-state index in [2.05, 4.69) is 25.4 Å². The van der Waals surface area contributed by atoms with Gasteiger partial charge in [-0.1, -0.05) is 6.07 Å². The fraction of sp³-hybridized carbons (Fsp3) is 0.269. The van der Waals surface area contributed by atoms with Gasteiger partial charge < -0.3 is 10.2 Å². The number of amides is 1. The summed E-state index contributed by atoms with van der Waals surface area (Å²) >= 11 is 1.30. The molecule has 5 heterocycles. The van der Waals surface area contributed by atoms with Crippen LogP contribution in [-0.4, -0.2) is 68.3 Å². The number of thiophene rings is 1. The van der Waals surface area contributed by atoms with Gasteiger partial charge in [0, 0.05) is 42.8 Å². The summed E-state index contributed by atoms with van der Waals surface area (Å²) in [5.41, 5.74) is 2.22. The van der Waals surface area contributed by atoms with E-state index in [0.717, 1.165) is 4.70 Å². The van der Waals surface area contributed by atoms with Crippen LogP contribution in [0.3, 0.4) is 0 Å². The zero-order valence-electron chi connectivity index (χ0n) is 20.7. The van der Waals surface area contributed by atoms with Crippen molar-refractivity contribution in [3.8, 4) is 5.69 Å². The number of rotatable bonds is 5. The van der Waals surface area contributed by atoms with Crippen LogP contribution >= 0.6 is 11.3 Å². The van der Waals surface area contributed by atoms with Gasteiger partial charge in [0.25, 0.3) is 0 Å². The van der Waals surface area contributed by atoms with E-state index in [1.165, 1.54) is 29.1 Å². The van der Waals surface area contributed by atoms with Crippen molar-refractivity contribution >= 4 is 44.2 Å². The Morgan fingerprint density at radius 2 is 2.00 bits per heavy atom. The van der Waals surface area contributed by atoms with E-state index in [0.29, 0.717) is 58.8 Å². The zero-order chi connectivity index (χ0) is 26.4. The van der Waals surface area contributed by atoms with Crippen LogP contribution in [0.2, 0.25) is 0 Å². The van der Waals surface area contributed by atoms with E-state index in [1.807, 2.05) is 16.8 Å². The van der Waals surface area contributed by atoms with Gasteiger partial charge in [0.15, 0.2) is 5.65 Å². The van der Waals surface area contributed by atoms with Gasteiger partial charge in [0.05, 0.1) is 28.0 Å². The number of hydrogen-bond acceptors (Lipinski definition) is 8. The number of aryl methyl sites for hydroxylation is 1. The first-order valence-electron chi connectivity index (χ1n) is 12.1. The number of anilines is 1. The molecule has 9 nitrogen and oxygen atoms in total. The van der Waals surface area contributed by atoms with E-state index in [1.54, 1.807) is 42.2 Å². The van der Waals surface area contributed by atoms with E-state index in [4.69, 9.17) is 0 Å². The van der Waals surface area contributed by atoms with Crippen LogP contribution in [0.15, 0.2) is 48.4 Å². The highest BCUT2D eigenvalue weighted by Gasteiger charge is 2.31. The summed E-state index contributed by atoms with van der Waals surface area (Å²) in [6.45, 7) is 3.62. The second-order valence-electron chi connectivity index (χ2n) is 9.36. The molecular weight excluding hydrogens is 510 g/mol. The van der Waals surface area contributed by atoms with Crippen LogP contribution in [0.4, 0.5) is 14.6 Å². The fourth-order valence-electron chi connectivity index (χ4n) is 4.62. The predicted octanol–water partition coefficient (Wildman–Crippen LogP) is 3.45. The van der Waals surface area contributed by atoms with Crippen molar-refractivity contribution in [1.29, 1.82) is 0 Å². The molecule has 6 rings (SSSR count). The number of nitrogens with zero attached hydrogens (tertiary/aromatic N) is 7. The first-order chi connectivity index (χ1) is 18.4. The molecule has 1 aliphatic heterocycles. The molecule has 0 bridgehead atoms. The number of piperazine rings is 1. The molecule has 1 saturated heterocycles. The smallest absolute Gasteiger partial charge is 0.239 e. The fourth-order valence-corrected chi connectivity index (χ4v) is 5.38. The monoisotopic (exact) mass is 534 g/mol. The van der Waals surface area contributed by atoms with E-state index >= 15 is 0 Å². The first-order valence-corrected chi connectivity index (χ1v) is 13.0. The van der Waals surface area contributed by atoms with Gasteiger partial charge in [-0.05, 0) is 37.7 Å². The lowest BCUT2D eigenvalue weighted by Gasteiger charge is -2.39. The van der Waals surface area contributed by atoms with E-state index < -0.39 is 6.04 Å². The standard InChI is InChI=1S/C26H24F2N8OS/c1-15-3-4-17(8-20(15)27)36-11-19-24(33-36)31-14-32-25(19)35-6-5-34(2)22(12-35)26(37)30-9-16-7-18-21(28)13-38-23(18)10-29-16/h3-4,7-8,10-11,13-14,22H,5-6,9,12H2,1-2H3,(H,30,37)/t22-/m1/s1. The molecule has 1 aliphatic rings. The van der Waals surface area contributed by atoms with Crippen molar-refractivity contribution in [3.05, 3.63) is 71.3 Å². The highest BCUT2D eigenvalue weighted by molar-refractivity contribution is 7.17. The van der Waals surface area contributed by atoms with Crippen molar-refractivity contribution in [2.75, 3.05) is 31.6 Å². The first kappa shape index (κ1) is 24.3. The third-order valence-corrected chi connectivity index (χ3v) is 7.78. The lowest BCUT2D eigenvalue weighted by atomic mass is 10.1. The Morgan fingerprint density at radius 3 is 2.84 bits per heavy atom. The maximum Gasteiger partial charge on any atom is 0.239 e. The maximum atomic E-state index is 14.1. The molecule has 194 valence electrons. The number of aromatic nitrogens is 5. The summed E-state index contributed by atoms with van der Waals surface area (Å²) in [5.74, 6) is -0.0766. The molecular formula is C26H24F2N8OS. The molecule has 0 spiro atoms. The van der Waals surface area contributed by atoms with E-state index in [-0.39, 0.29) is 24.1 Å². The minimum Gasteiger partial charge on any atom is -0.353 e. The second-order valence-corrected chi connectivity index (χ2v) is 10.3. The Balaban J connectivity index is 1.21. The predicted molar refractivity (Wildman–Crippen MR) is 141 cm³/mol. The Labute approximate surface area is 220 Å². The number of fused-ring (bicyclic) bond motifs is 2. The van der Waals surface area contributed by atoms with Crippen molar-refractivity contribution in [2.45, 2.75) is 19.5 Å². The topological polar surface area (TPSA) is 92.1 Å². The molecule has 38 heavy (non-hydrogen) atoms. The van der Waals surface area contributed by atoms with Crippen LogP contribution in [0, 0.1) is 18.6 Å². The van der Waals surface area contributed by atoms with Crippen LogP contribution in [0.25, 0.3) is 26.8 Å². The molecule has 1 aromatic carbocycles. The van der Waals surface area contributed by atoms with Crippen molar-refractivity contribution in [1.82, 2.24) is 34.9 Å². The highest BCUT2D eigenvalue weighted by Crippen LogP contribution is 2.27. The maximum absolute atomic E-state index is 14.1. The summed E-state index contributed by atoms with van der Waals surface area (Å²) in [6.07, 6.45) is 4.86. The number of pyridine rings is 1. The molecule has 0 unspecified atom stereocenters. The van der Waals surface area contributed by atoms with Gasteiger partial charge in [0.1, 0.15) is 29.8 Å². The Kier molecular flexibility index (Phi) is 6.20. The van der Waals surface area contributed by atoms with E-state index in [9.17, 15) is 13.6 Å². The van der Waals surface area contributed by atoms with Crippen LogP contribution in [0.5, 0.6) is 0 Å². The van der Waals surface area contributed by atoms with Gasteiger partial charge in [-0.25, -0.2) is 23.4 Å². The van der Waals surface area contributed by atoms with Gasteiger partial charge in [0.2, 0.25) is 5.91 Å². The van der Waals surface area contributed by atoms with Gasteiger partial charge >= 0.3 is 0 Å². The zero-order valence-corrected chi connectivity index (χ0v) is 21.5. The number of likely N-dealkylation sites (N-methyl/N-ethyl adjacent to an activating group) is 1. The van der Waals surface area contributed by atoms with Crippen molar-refractivity contribution in [3.63, 3.8) is 0 Å². The highest BCUT2D eigenvalue weighted by atomic mass is 32.1. The molecule has 12 heteroatoms. The molecule has 4 aromatic heterocycles. The molecule has 0 saturated carbocycles. The third-order valence-electron chi connectivity index (χ3n) is 6.88. The van der Waals surface area contributed by atoms with Gasteiger partial charge in [-0.3, -0.25) is 14.7 Å². The van der Waals surface area contributed by atoms with Crippen molar-refractivity contribution < 1.29 is 13.6 Å². The Morgan fingerprint density at radius 1 is 1.13 bits per heavy atom. The number of benzene rings is 1. The Hall–Kier alpha value is -4.03. The number of hydrogen-bond donors (Lipinski definition) is 1. The lowest BCUT2D eigenvalue weighted by Crippen LogP contribution is -2.57. The minimum absolute atomic E-state index is 0.152. The summed E-state index contributed by atoms with van der Waals surface area (Å²) in [7, 11) is 1.91. The quantitative estimate of drug-likeness (QED) is 0.369. The molecule has 5 aromatic rings. The summed E-state index contributed by atoms with van der Waals surface area (Å²) in [5, 5.41) is 10.1. The SMILES string of the molecule is Cc1ccc(-n2cc3c(N4CCN(C)[C@@H](C(=O)NCc5cc6c(F)csc6cn5)C4)ncnc3n2)cc1F. The number of carbonyl (C=O) groups excluding carboxylic acids is 1. The summed E-state index contributed by atoms with van der Waals surface area (Å²) in [6, 6.07) is 6.18. The largest absolute Gasteiger partial charge is 0.353 e. The number of halogens is 2. The molecule has 1 N–H and O–H groups in total. The number of carbonyl (C=O) groups is 1. The summed E-state index contributed by atoms with van der Waals surface area (Å²) < 4.78 is 30.5. The van der Waals surface area contributed by atoms with Gasteiger partial charge in [-0.15, -0.1) is 16.4 Å². The van der Waals surface area contributed by atoms with Crippen LogP contribution < -0.4 is 10.2 Å². The van der Waals surface area contributed by atoms with Crippen LogP contribution in [-0.2, 0) is 11.3 Å². The molecule has 1 atom stereocenters. The van der Waals surface area contributed by atoms with Crippen molar-refractivity contribution in [2.24, 2.45) is 0 Å².